The minimum absolute atomic E-state index is 0.0786. The summed E-state index contributed by atoms with van der Waals surface area (Å²) in [7, 11) is 0. The Morgan fingerprint density at radius 3 is 2.02 bits per heavy atom. The number of carbonyl (C=O) groups is 5. The summed E-state index contributed by atoms with van der Waals surface area (Å²) in [5.41, 5.74) is 5.04. The first-order valence-corrected chi connectivity index (χ1v) is 15.2. The molecule has 7 rings (SSSR count). The number of nitrogens with one attached hydrogen (secondary N) is 1. The van der Waals surface area contributed by atoms with E-state index in [1.54, 1.807) is 42.5 Å². The Bertz CT molecular complexity index is 2110. The van der Waals surface area contributed by atoms with E-state index in [-0.39, 0.29) is 39.6 Å². The SMILES string of the molecule is Cc1ccc(NC(=O)c2cccc(N3C(=O)c4ccc(C(=O)N5[C@H](C(=O)c6ccccc6)[C@@H]5c5ccccc5)cc4C3=O)c2)cc1C. The van der Waals surface area contributed by atoms with Gasteiger partial charge in [0.1, 0.15) is 6.04 Å². The van der Waals surface area contributed by atoms with Crippen molar-refractivity contribution in [3.8, 4) is 0 Å². The number of fused-ring (bicyclic) bond motifs is 1. The minimum atomic E-state index is -0.702. The highest BCUT2D eigenvalue weighted by Crippen LogP contribution is 2.46. The number of hydrogen-bond donors (Lipinski definition) is 1. The van der Waals surface area contributed by atoms with Crippen LogP contribution in [0.3, 0.4) is 0 Å². The maximum atomic E-state index is 13.9. The van der Waals surface area contributed by atoms with Gasteiger partial charge in [-0.2, -0.15) is 0 Å². The predicted molar refractivity (Wildman–Crippen MR) is 178 cm³/mol. The van der Waals surface area contributed by atoms with E-state index in [4.69, 9.17) is 0 Å². The molecule has 47 heavy (non-hydrogen) atoms. The average Bonchev–Trinajstić information content (AvgIpc) is 3.80. The van der Waals surface area contributed by atoms with E-state index < -0.39 is 29.8 Å². The van der Waals surface area contributed by atoms with E-state index in [2.05, 4.69) is 5.32 Å². The normalized spacial score (nSPS) is 16.6. The van der Waals surface area contributed by atoms with E-state index in [9.17, 15) is 24.0 Å². The van der Waals surface area contributed by atoms with Crippen molar-refractivity contribution < 1.29 is 24.0 Å². The Hall–Kier alpha value is -6.15. The summed E-state index contributed by atoms with van der Waals surface area (Å²) in [6.07, 6.45) is 0. The van der Waals surface area contributed by atoms with Crippen LogP contribution in [-0.2, 0) is 0 Å². The zero-order valence-electron chi connectivity index (χ0n) is 25.6. The van der Waals surface area contributed by atoms with Crippen molar-refractivity contribution in [3.63, 3.8) is 0 Å². The van der Waals surface area contributed by atoms with Gasteiger partial charge in [0, 0.05) is 22.4 Å². The molecule has 0 unspecified atom stereocenters. The largest absolute Gasteiger partial charge is 0.322 e. The summed E-state index contributed by atoms with van der Waals surface area (Å²) in [6.45, 7) is 3.94. The quantitative estimate of drug-likeness (QED) is 0.123. The number of anilines is 2. The second-order valence-corrected chi connectivity index (χ2v) is 11.8. The van der Waals surface area contributed by atoms with Crippen LogP contribution in [-0.4, -0.2) is 40.4 Å². The first-order valence-electron chi connectivity index (χ1n) is 15.2. The summed E-state index contributed by atoms with van der Waals surface area (Å²) in [5.74, 6) is -2.13. The zero-order valence-corrected chi connectivity index (χ0v) is 25.6. The summed E-state index contributed by atoms with van der Waals surface area (Å²) >= 11 is 0. The minimum Gasteiger partial charge on any atom is -0.322 e. The third-order valence-electron chi connectivity index (χ3n) is 8.78. The number of imide groups is 1. The second kappa shape index (κ2) is 11.7. The van der Waals surface area contributed by atoms with Crippen molar-refractivity contribution in [2.75, 3.05) is 10.2 Å². The van der Waals surface area contributed by atoms with Gasteiger partial charge in [-0.3, -0.25) is 24.0 Å². The summed E-state index contributed by atoms with van der Waals surface area (Å²) in [5, 5.41) is 2.86. The van der Waals surface area contributed by atoms with Crippen LogP contribution in [0.25, 0.3) is 0 Å². The lowest BCUT2D eigenvalue weighted by Gasteiger charge is -2.15. The lowest BCUT2D eigenvalue weighted by molar-refractivity contribution is 0.0833. The van der Waals surface area contributed by atoms with Crippen molar-refractivity contribution in [2.45, 2.75) is 25.9 Å². The van der Waals surface area contributed by atoms with Crippen LogP contribution in [0, 0.1) is 13.8 Å². The molecule has 0 radical (unpaired) electrons. The molecule has 0 spiro atoms. The number of carbonyl (C=O) groups excluding carboxylic acids is 5. The molecule has 1 saturated heterocycles. The van der Waals surface area contributed by atoms with Crippen LogP contribution in [0.1, 0.15) is 74.5 Å². The van der Waals surface area contributed by atoms with Gasteiger partial charge in [-0.25, -0.2) is 4.90 Å². The fourth-order valence-electron chi connectivity index (χ4n) is 6.09. The molecule has 1 N–H and O–H groups in total. The van der Waals surface area contributed by atoms with Gasteiger partial charge in [0.05, 0.1) is 22.9 Å². The maximum Gasteiger partial charge on any atom is 0.266 e. The second-order valence-electron chi connectivity index (χ2n) is 11.8. The Labute approximate surface area is 271 Å². The van der Waals surface area contributed by atoms with Crippen LogP contribution < -0.4 is 10.2 Å². The standard InChI is InChI=1S/C39H29N3O5/c1-23-16-18-29(20-24(23)2)40-36(44)27-14-9-15-30(21-27)41-38(46)31-19-17-28(22-32(31)39(41)47)37(45)42-33(25-10-5-3-6-11-25)34(42)35(43)26-12-7-4-8-13-26/h3-22,33-34H,1-2H3,(H,40,44)/t33-,34-,42?/m0/s1. The summed E-state index contributed by atoms with van der Waals surface area (Å²) < 4.78 is 0. The Balaban J connectivity index is 1.14. The van der Waals surface area contributed by atoms with Gasteiger partial charge >= 0.3 is 0 Å². The third-order valence-corrected chi connectivity index (χ3v) is 8.78. The molecule has 2 atom stereocenters. The number of amides is 4. The van der Waals surface area contributed by atoms with Crippen LogP contribution in [0.15, 0.2) is 121 Å². The molecular formula is C39H29N3O5. The Kier molecular flexibility index (Phi) is 7.33. The zero-order chi connectivity index (χ0) is 32.8. The Morgan fingerprint density at radius 1 is 0.617 bits per heavy atom. The highest BCUT2D eigenvalue weighted by Gasteiger charge is 2.56. The van der Waals surface area contributed by atoms with Crippen molar-refractivity contribution >= 4 is 40.8 Å². The topological polar surface area (TPSA) is 104 Å². The average molecular weight is 620 g/mol. The summed E-state index contributed by atoms with van der Waals surface area (Å²) in [6, 6.07) is 33.3. The molecule has 2 aliphatic rings. The molecule has 5 aromatic rings. The van der Waals surface area contributed by atoms with E-state index in [0.717, 1.165) is 21.6 Å². The molecular weight excluding hydrogens is 590 g/mol. The lowest BCUT2D eigenvalue weighted by atomic mass is 10.0. The van der Waals surface area contributed by atoms with Crippen LogP contribution >= 0.6 is 0 Å². The fourth-order valence-corrected chi connectivity index (χ4v) is 6.09. The van der Waals surface area contributed by atoms with E-state index in [1.807, 2.05) is 68.4 Å². The molecule has 1 fully saturated rings. The van der Waals surface area contributed by atoms with Gasteiger partial charge in [-0.05, 0) is 79.1 Å². The molecule has 0 bridgehead atoms. The molecule has 4 amide bonds. The molecule has 0 aliphatic carbocycles. The molecule has 0 aromatic heterocycles. The van der Waals surface area contributed by atoms with Gasteiger partial charge in [0.2, 0.25) is 0 Å². The monoisotopic (exact) mass is 619 g/mol. The highest BCUT2D eigenvalue weighted by molar-refractivity contribution is 6.35. The van der Waals surface area contributed by atoms with E-state index in [1.165, 1.54) is 29.2 Å². The fraction of sp³-hybridized carbons (Fsp3) is 0.103. The number of hydrogen-bond acceptors (Lipinski definition) is 5. The Morgan fingerprint density at radius 2 is 1.30 bits per heavy atom. The summed E-state index contributed by atoms with van der Waals surface area (Å²) in [4.78, 5) is 70.2. The van der Waals surface area contributed by atoms with Crippen molar-refractivity contribution in [3.05, 3.63) is 166 Å². The lowest BCUT2D eigenvalue weighted by Crippen LogP contribution is -2.29. The highest BCUT2D eigenvalue weighted by atomic mass is 16.2. The molecule has 8 nitrogen and oxygen atoms in total. The number of Topliss-reactive ketones (excluding diaryl/α,β-unsaturated/α-hetero) is 1. The van der Waals surface area contributed by atoms with Gasteiger partial charge in [0.25, 0.3) is 23.6 Å². The molecule has 5 aromatic carbocycles. The van der Waals surface area contributed by atoms with Gasteiger partial charge in [0.15, 0.2) is 5.78 Å². The molecule has 0 saturated carbocycles. The van der Waals surface area contributed by atoms with Gasteiger partial charge in [-0.1, -0.05) is 72.8 Å². The van der Waals surface area contributed by atoms with Crippen molar-refractivity contribution in [1.29, 1.82) is 0 Å². The first kappa shape index (κ1) is 29.6. The van der Waals surface area contributed by atoms with Crippen LogP contribution in [0.2, 0.25) is 0 Å². The maximum absolute atomic E-state index is 13.9. The molecule has 2 heterocycles. The predicted octanol–water partition coefficient (Wildman–Crippen LogP) is 6.80. The molecule has 8 heteroatoms. The van der Waals surface area contributed by atoms with Crippen molar-refractivity contribution in [1.82, 2.24) is 4.90 Å². The number of rotatable bonds is 7. The van der Waals surface area contributed by atoms with E-state index >= 15 is 0 Å². The van der Waals surface area contributed by atoms with Gasteiger partial charge < -0.3 is 10.2 Å². The van der Waals surface area contributed by atoms with Gasteiger partial charge in [-0.15, -0.1) is 0 Å². The smallest absolute Gasteiger partial charge is 0.266 e. The van der Waals surface area contributed by atoms with E-state index in [0.29, 0.717) is 11.3 Å². The first-order chi connectivity index (χ1) is 22.7. The number of nitrogens with zero attached hydrogens (tertiary/aromatic N) is 2. The third kappa shape index (κ3) is 5.29. The molecule has 230 valence electrons. The number of benzene rings is 5. The van der Waals surface area contributed by atoms with Crippen LogP contribution in [0.4, 0.5) is 11.4 Å². The number of aryl methyl sites for hydroxylation is 2. The number of ketones is 1. The van der Waals surface area contributed by atoms with Crippen LogP contribution in [0.5, 0.6) is 0 Å². The molecule has 2 aliphatic heterocycles. The van der Waals surface area contributed by atoms with Crippen molar-refractivity contribution in [2.24, 2.45) is 0 Å².